The number of nitrogens with one attached hydrogen (secondary N) is 2. The van der Waals surface area contributed by atoms with Gasteiger partial charge in [-0.1, -0.05) is 54.1 Å². The SMILES string of the molecule is Cc1cccc(C(=O)NCC(=O)NC(C)c2ccc3ccccc3c2)c1. The fourth-order valence-electron chi connectivity index (χ4n) is 2.90. The Labute approximate surface area is 153 Å². The molecule has 0 saturated carbocycles. The van der Waals surface area contributed by atoms with Gasteiger partial charge in [0, 0.05) is 5.56 Å². The highest BCUT2D eigenvalue weighted by molar-refractivity contribution is 5.96. The number of rotatable bonds is 5. The van der Waals surface area contributed by atoms with Crippen LogP contribution in [0.1, 0.15) is 34.5 Å². The molecule has 0 aliphatic carbocycles. The number of carbonyl (C=O) groups is 2. The second kappa shape index (κ2) is 7.83. The molecule has 0 bridgehead atoms. The van der Waals surface area contributed by atoms with Gasteiger partial charge in [-0.25, -0.2) is 0 Å². The predicted molar refractivity (Wildman–Crippen MR) is 104 cm³/mol. The summed E-state index contributed by atoms with van der Waals surface area (Å²) in [7, 11) is 0. The number of amides is 2. The molecule has 1 unspecified atom stereocenters. The molecule has 3 aromatic rings. The Morgan fingerprint density at radius 1 is 0.923 bits per heavy atom. The second-order valence-electron chi connectivity index (χ2n) is 6.45. The molecule has 3 rings (SSSR count). The monoisotopic (exact) mass is 346 g/mol. The molecule has 4 heteroatoms. The Bertz CT molecular complexity index is 950. The molecule has 0 spiro atoms. The lowest BCUT2D eigenvalue weighted by molar-refractivity contribution is -0.120. The molecule has 3 aromatic carbocycles. The van der Waals surface area contributed by atoms with Crippen LogP contribution in [-0.2, 0) is 4.79 Å². The van der Waals surface area contributed by atoms with Crippen LogP contribution in [0.2, 0.25) is 0 Å². The first-order chi connectivity index (χ1) is 12.5. The van der Waals surface area contributed by atoms with Crippen LogP contribution < -0.4 is 10.6 Å². The average molecular weight is 346 g/mol. The van der Waals surface area contributed by atoms with Crippen molar-refractivity contribution in [3.63, 3.8) is 0 Å². The van der Waals surface area contributed by atoms with Crippen molar-refractivity contribution in [2.24, 2.45) is 0 Å². The van der Waals surface area contributed by atoms with Gasteiger partial charge in [-0.2, -0.15) is 0 Å². The van der Waals surface area contributed by atoms with Gasteiger partial charge in [0.1, 0.15) is 0 Å². The van der Waals surface area contributed by atoms with E-state index in [-0.39, 0.29) is 24.4 Å². The third kappa shape index (κ3) is 4.28. The van der Waals surface area contributed by atoms with Crippen molar-refractivity contribution < 1.29 is 9.59 Å². The van der Waals surface area contributed by atoms with Gasteiger partial charge in [0.25, 0.3) is 5.91 Å². The maximum Gasteiger partial charge on any atom is 0.251 e. The number of hydrogen-bond donors (Lipinski definition) is 2. The van der Waals surface area contributed by atoms with E-state index in [1.54, 1.807) is 12.1 Å². The molecule has 2 N–H and O–H groups in total. The number of aryl methyl sites for hydroxylation is 1. The van der Waals surface area contributed by atoms with Crippen LogP contribution in [0.3, 0.4) is 0 Å². The zero-order valence-corrected chi connectivity index (χ0v) is 15.0. The minimum atomic E-state index is -0.248. The predicted octanol–water partition coefficient (Wildman–Crippen LogP) is 3.76. The fraction of sp³-hybridized carbons (Fsp3) is 0.182. The van der Waals surface area contributed by atoms with Crippen LogP contribution in [0.25, 0.3) is 10.8 Å². The zero-order chi connectivity index (χ0) is 18.5. The van der Waals surface area contributed by atoms with Gasteiger partial charge in [0.05, 0.1) is 12.6 Å². The quantitative estimate of drug-likeness (QED) is 0.739. The Kier molecular flexibility index (Phi) is 5.32. The molecule has 0 saturated heterocycles. The van der Waals surface area contributed by atoms with Crippen molar-refractivity contribution in [1.29, 1.82) is 0 Å². The molecule has 26 heavy (non-hydrogen) atoms. The van der Waals surface area contributed by atoms with Crippen molar-refractivity contribution >= 4 is 22.6 Å². The third-order valence-corrected chi connectivity index (χ3v) is 4.34. The Morgan fingerprint density at radius 2 is 1.69 bits per heavy atom. The van der Waals surface area contributed by atoms with Crippen LogP contribution in [0.15, 0.2) is 66.7 Å². The largest absolute Gasteiger partial charge is 0.348 e. The first-order valence-corrected chi connectivity index (χ1v) is 8.66. The molecule has 0 heterocycles. The lowest BCUT2D eigenvalue weighted by Gasteiger charge is -2.15. The summed E-state index contributed by atoms with van der Waals surface area (Å²) >= 11 is 0. The van der Waals surface area contributed by atoms with Gasteiger partial charge in [0.2, 0.25) is 5.91 Å². The highest BCUT2D eigenvalue weighted by Gasteiger charge is 2.12. The van der Waals surface area contributed by atoms with Crippen molar-refractivity contribution in [3.8, 4) is 0 Å². The summed E-state index contributed by atoms with van der Waals surface area (Å²) in [6.45, 7) is 3.81. The maximum atomic E-state index is 12.2. The average Bonchev–Trinajstić information content (AvgIpc) is 2.65. The molecule has 0 fully saturated rings. The third-order valence-electron chi connectivity index (χ3n) is 4.34. The van der Waals surface area contributed by atoms with Gasteiger partial charge in [-0.05, 0) is 48.4 Å². The molecule has 132 valence electrons. The minimum absolute atomic E-state index is 0.0509. The maximum absolute atomic E-state index is 12.2. The number of hydrogen-bond acceptors (Lipinski definition) is 2. The summed E-state index contributed by atoms with van der Waals surface area (Å²) in [5.41, 5.74) is 2.59. The number of benzene rings is 3. The van der Waals surface area contributed by atoms with E-state index in [2.05, 4.69) is 28.8 Å². The molecule has 0 radical (unpaired) electrons. The summed E-state index contributed by atoms with van der Waals surface area (Å²) < 4.78 is 0. The van der Waals surface area contributed by atoms with Crippen molar-refractivity contribution in [1.82, 2.24) is 10.6 Å². The molecular weight excluding hydrogens is 324 g/mol. The summed E-state index contributed by atoms with van der Waals surface area (Å²) in [5, 5.41) is 7.89. The molecule has 0 aliphatic rings. The van der Waals surface area contributed by atoms with E-state index in [0.29, 0.717) is 5.56 Å². The normalized spacial score (nSPS) is 11.8. The van der Waals surface area contributed by atoms with Crippen LogP contribution in [0.5, 0.6) is 0 Å². The van der Waals surface area contributed by atoms with E-state index >= 15 is 0 Å². The van der Waals surface area contributed by atoms with E-state index in [0.717, 1.165) is 16.5 Å². The lowest BCUT2D eigenvalue weighted by Crippen LogP contribution is -2.38. The van der Waals surface area contributed by atoms with Crippen LogP contribution in [0.4, 0.5) is 0 Å². The molecule has 1 atom stereocenters. The highest BCUT2D eigenvalue weighted by atomic mass is 16.2. The molecule has 2 amide bonds. The van der Waals surface area contributed by atoms with Crippen molar-refractivity contribution in [3.05, 3.63) is 83.4 Å². The number of carbonyl (C=O) groups excluding carboxylic acids is 2. The summed E-state index contributed by atoms with van der Waals surface area (Å²) in [6.07, 6.45) is 0. The Morgan fingerprint density at radius 3 is 2.46 bits per heavy atom. The topological polar surface area (TPSA) is 58.2 Å². The van der Waals surface area contributed by atoms with Gasteiger partial charge in [0.15, 0.2) is 0 Å². The molecule has 0 aromatic heterocycles. The van der Waals surface area contributed by atoms with Crippen molar-refractivity contribution in [2.45, 2.75) is 19.9 Å². The van der Waals surface area contributed by atoms with Gasteiger partial charge in [-0.15, -0.1) is 0 Å². The van der Waals surface area contributed by atoms with E-state index in [1.165, 1.54) is 5.39 Å². The lowest BCUT2D eigenvalue weighted by atomic mass is 10.0. The smallest absolute Gasteiger partial charge is 0.251 e. The molecule has 0 aliphatic heterocycles. The molecule has 4 nitrogen and oxygen atoms in total. The highest BCUT2D eigenvalue weighted by Crippen LogP contribution is 2.20. The van der Waals surface area contributed by atoms with E-state index in [9.17, 15) is 9.59 Å². The minimum Gasteiger partial charge on any atom is -0.348 e. The Balaban J connectivity index is 1.57. The standard InChI is InChI=1S/C22H22N2O2/c1-15-6-5-9-20(12-15)22(26)23-14-21(25)24-16(2)18-11-10-17-7-3-4-8-19(17)13-18/h3-13,16H,14H2,1-2H3,(H,23,26)(H,24,25). The first-order valence-electron chi connectivity index (χ1n) is 8.66. The van der Waals surface area contributed by atoms with Gasteiger partial charge in [-0.3, -0.25) is 9.59 Å². The second-order valence-corrected chi connectivity index (χ2v) is 6.45. The fourth-order valence-corrected chi connectivity index (χ4v) is 2.90. The summed E-state index contributed by atoms with van der Waals surface area (Å²) in [4.78, 5) is 24.3. The molecular formula is C22H22N2O2. The zero-order valence-electron chi connectivity index (χ0n) is 15.0. The van der Waals surface area contributed by atoms with Gasteiger partial charge < -0.3 is 10.6 Å². The summed E-state index contributed by atoms with van der Waals surface area (Å²) in [5.74, 6) is -0.464. The Hall–Kier alpha value is -3.14. The van der Waals surface area contributed by atoms with Gasteiger partial charge >= 0.3 is 0 Å². The number of fused-ring (bicyclic) bond motifs is 1. The van der Waals surface area contributed by atoms with E-state index in [4.69, 9.17) is 0 Å². The van der Waals surface area contributed by atoms with Crippen molar-refractivity contribution in [2.75, 3.05) is 6.54 Å². The van der Waals surface area contributed by atoms with Crippen LogP contribution >= 0.6 is 0 Å². The van der Waals surface area contributed by atoms with Crippen LogP contribution in [0, 0.1) is 6.92 Å². The first kappa shape index (κ1) is 17.7. The van der Waals surface area contributed by atoms with E-state index < -0.39 is 0 Å². The van der Waals surface area contributed by atoms with E-state index in [1.807, 2.05) is 50.2 Å². The summed E-state index contributed by atoms with van der Waals surface area (Å²) in [6, 6.07) is 21.4. The van der Waals surface area contributed by atoms with Crippen LogP contribution in [-0.4, -0.2) is 18.4 Å².